The van der Waals surface area contributed by atoms with Crippen molar-refractivity contribution in [3.8, 4) is 17.6 Å². The van der Waals surface area contributed by atoms with E-state index in [2.05, 4.69) is 0 Å². The molecular formula is C31H31NO7S. The summed E-state index contributed by atoms with van der Waals surface area (Å²) in [6.07, 6.45) is 1.19. The number of rotatable bonds is 12. The van der Waals surface area contributed by atoms with Gasteiger partial charge in [0.2, 0.25) is 0 Å². The molecule has 0 aliphatic carbocycles. The molecule has 0 radical (unpaired) electrons. The molecule has 208 valence electrons. The molecule has 0 unspecified atom stereocenters. The molecule has 0 amide bonds. The summed E-state index contributed by atoms with van der Waals surface area (Å²) in [5, 5.41) is 9.77. The summed E-state index contributed by atoms with van der Waals surface area (Å²) in [6, 6.07) is 15.0. The summed E-state index contributed by atoms with van der Waals surface area (Å²) in [5.74, 6) is -0.763. The van der Waals surface area contributed by atoms with Gasteiger partial charge in [0, 0.05) is 11.3 Å². The second-order valence-corrected chi connectivity index (χ2v) is 9.85. The van der Waals surface area contributed by atoms with Crippen molar-refractivity contribution in [3.63, 3.8) is 0 Å². The Balaban J connectivity index is 1.85. The summed E-state index contributed by atoms with van der Waals surface area (Å²) in [4.78, 5) is 38.8. The van der Waals surface area contributed by atoms with Gasteiger partial charge in [-0.1, -0.05) is 35.9 Å². The predicted molar refractivity (Wildman–Crippen MR) is 152 cm³/mol. The Morgan fingerprint density at radius 3 is 2.25 bits per heavy atom. The molecule has 1 aromatic heterocycles. The van der Waals surface area contributed by atoms with Gasteiger partial charge in [0.05, 0.1) is 31.5 Å². The van der Waals surface area contributed by atoms with Crippen molar-refractivity contribution in [1.82, 2.24) is 0 Å². The molecule has 1 heterocycles. The molecule has 0 aliphatic heterocycles. The number of carbonyl (C=O) groups is 3. The van der Waals surface area contributed by atoms with E-state index in [-0.39, 0.29) is 35.6 Å². The topological polar surface area (TPSA) is 112 Å². The molecule has 8 nitrogen and oxygen atoms in total. The number of Topliss-reactive ketones (excluding diaryl/α,β-unsaturated/α-hetero) is 1. The van der Waals surface area contributed by atoms with E-state index in [9.17, 15) is 19.6 Å². The average molecular weight is 562 g/mol. The minimum Gasteiger partial charge on any atom is -0.493 e. The molecule has 40 heavy (non-hydrogen) atoms. The predicted octanol–water partition coefficient (Wildman–Crippen LogP) is 6.02. The normalized spacial score (nSPS) is 10.9. The summed E-state index contributed by atoms with van der Waals surface area (Å²) < 4.78 is 21.6. The Morgan fingerprint density at radius 2 is 1.62 bits per heavy atom. The lowest BCUT2D eigenvalue weighted by Crippen LogP contribution is -2.12. The lowest BCUT2D eigenvalue weighted by molar-refractivity contribution is -0.114. The number of ether oxygens (including phenoxy) is 4. The van der Waals surface area contributed by atoms with E-state index >= 15 is 0 Å². The highest BCUT2D eigenvalue weighted by Crippen LogP contribution is 2.32. The van der Waals surface area contributed by atoms with Gasteiger partial charge in [-0.05, 0) is 62.6 Å². The van der Waals surface area contributed by atoms with E-state index in [1.54, 1.807) is 39.0 Å². The summed E-state index contributed by atoms with van der Waals surface area (Å²) in [5.41, 5.74) is 3.14. The first-order valence-corrected chi connectivity index (χ1v) is 13.5. The van der Waals surface area contributed by atoms with Gasteiger partial charge in [0.15, 0.2) is 17.3 Å². The van der Waals surface area contributed by atoms with Crippen molar-refractivity contribution >= 4 is 35.1 Å². The minimum atomic E-state index is -0.636. The smallest absolute Gasteiger partial charge is 0.348 e. The van der Waals surface area contributed by atoms with E-state index in [0.29, 0.717) is 34.1 Å². The molecule has 0 atom stereocenters. The van der Waals surface area contributed by atoms with Gasteiger partial charge in [0.1, 0.15) is 17.6 Å². The average Bonchev–Trinajstić information content (AvgIpc) is 3.27. The van der Waals surface area contributed by atoms with Crippen molar-refractivity contribution in [1.29, 1.82) is 5.26 Å². The fourth-order valence-electron chi connectivity index (χ4n) is 3.88. The van der Waals surface area contributed by atoms with Crippen molar-refractivity contribution in [2.45, 2.75) is 40.7 Å². The van der Waals surface area contributed by atoms with Crippen LogP contribution < -0.4 is 9.47 Å². The summed E-state index contributed by atoms with van der Waals surface area (Å²) >= 11 is 0.994. The van der Waals surface area contributed by atoms with Crippen LogP contribution in [0.25, 0.3) is 6.08 Å². The largest absolute Gasteiger partial charge is 0.493 e. The Kier molecular flexibility index (Phi) is 10.6. The zero-order valence-electron chi connectivity index (χ0n) is 23.2. The molecule has 0 N–H and O–H groups in total. The summed E-state index contributed by atoms with van der Waals surface area (Å²) in [6.45, 7) is 7.62. The van der Waals surface area contributed by atoms with Crippen LogP contribution in [-0.4, -0.2) is 38.0 Å². The number of nitriles is 1. The molecule has 0 aliphatic rings. The van der Waals surface area contributed by atoms with Crippen molar-refractivity contribution in [2.75, 3.05) is 20.3 Å². The van der Waals surface area contributed by atoms with Crippen LogP contribution in [0, 0.1) is 25.2 Å². The SMILES string of the molecule is CCOC(=O)c1sc(CC(=O)C(C#N)=Cc2ccc(OCc3ccc(C)cc3)c(OC)c2)c(C(=O)OCC)c1C. The molecule has 0 fully saturated rings. The Morgan fingerprint density at radius 1 is 0.950 bits per heavy atom. The third-order valence-electron chi connectivity index (χ3n) is 5.92. The number of methoxy groups -OCH3 is 1. The third-order valence-corrected chi connectivity index (χ3v) is 7.19. The van der Waals surface area contributed by atoms with Crippen molar-refractivity contribution < 1.29 is 33.3 Å². The van der Waals surface area contributed by atoms with Gasteiger partial charge < -0.3 is 18.9 Å². The first-order chi connectivity index (χ1) is 19.2. The maximum Gasteiger partial charge on any atom is 0.348 e. The highest BCUT2D eigenvalue weighted by Gasteiger charge is 2.28. The number of thiophene rings is 1. The number of allylic oxidation sites excluding steroid dienone is 1. The zero-order chi connectivity index (χ0) is 29.2. The van der Waals surface area contributed by atoms with Gasteiger partial charge in [-0.25, -0.2) is 9.59 Å². The highest BCUT2D eigenvalue weighted by molar-refractivity contribution is 7.14. The van der Waals surface area contributed by atoms with Gasteiger partial charge in [-0.15, -0.1) is 11.3 Å². The fraction of sp³-hybridized carbons (Fsp3) is 0.290. The Hall–Kier alpha value is -4.42. The standard InChI is InChI=1S/C31H31NO7S/c1-6-37-30(34)28-20(4)29(31(35)38-7-2)40-27(28)16-24(33)23(17-32)14-22-12-13-25(26(15-22)36-5)39-18-21-10-8-19(3)9-11-21/h8-15H,6-7,16,18H2,1-5H3. The van der Waals surface area contributed by atoms with Crippen LogP contribution in [0.15, 0.2) is 48.0 Å². The van der Waals surface area contributed by atoms with Crippen LogP contribution in [0.4, 0.5) is 0 Å². The first-order valence-electron chi connectivity index (χ1n) is 12.7. The zero-order valence-corrected chi connectivity index (χ0v) is 24.0. The van der Waals surface area contributed by atoms with Gasteiger partial charge >= 0.3 is 11.9 Å². The summed E-state index contributed by atoms with van der Waals surface area (Å²) in [7, 11) is 1.51. The van der Waals surface area contributed by atoms with Crippen LogP contribution >= 0.6 is 11.3 Å². The number of nitrogens with zero attached hydrogens (tertiary/aromatic N) is 1. The van der Waals surface area contributed by atoms with E-state index in [4.69, 9.17) is 18.9 Å². The number of hydrogen-bond acceptors (Lipinski definition) is 9. The molecule has 0 bridgehead atoms. The van der Waals surface area contributed by atoms with Crippen LogP contribution in [0.3, 0.4) is 0 Å². The molecule has 0 spiro atoms. The highest BCUT2D eigenvalue weighted by atomic mass is 32.1. The molecule has 2 aromatic carbocycles. The van der Waals surface area contributed by atoms with Crippen LogP contribution in [0.2, 0.25) is 0 Å². The molecule has 3 aromatic rings. The van der Waals surface area contributed by atoms with Crippen LogP contribution in [0.1, 0.15) is 61.0 Å². The lowest BCUT2D eigenvalue weighted by atomic mass is 10.0. The Bertz CT molecular complexity index is 1460. The van der Waals surface area contributed by atoms with Crippen molar-refractivity contribution in [3.05, 3.63) is 85.6 Å². The quantitative estimate of drug-likeness (QED) is 0.150. The third kappa shape index (κ3) is 7.36. The van der Waals surface area contributed by atoms with Gasteiger partial charge in [-0.3, -0.25) is 4.79 Å². The van der Waals surface area contributed by atoms with Gasteiger partial charge in [-0.2, -0.15) is 5.26 Å². The van der Waals surface area contributed by atoms with Gasteiger partial charge in [0.25, 0.3) is 0 Å². The molecule has 3 rings (SSSR count). The molecule has 0 saturated carbocycles. The lowest BCUT2D eigenvalue weighted by Gasteiger charge is -2.12. The van der Waals surface area contributed by atoms with E-state index in [1.807, 2.05) is 37.3 Å². The first kappa shape index (κ1) is 30.1. The second-order valence-electron chi connectivity index (χ2n) is 8.75. The number of carbonyl (C=O) groups excluding carboxylic acids is 3. The maximum atomic E-state index is 13.2. The van der Waals surface area contributed by atoms with Crippen LogP contribution in [-0.2, 0) is 27.3 Å². The number of esters is 2. The number of benzene rings is 2. The molecule has 9 heteroatoms. The fourth-order valence-corrected chi connectivity index (χ4v) is 5.07. The number of hydrogen-bond donors (Lipinski definition) is 0. The molecule has 0 saturated heterocycles. The second kappa shape index (κ2) is 14.1. The maximum absolute atomic E-state index is 13.2. The van der Waals surface area contributed by atoms with E-state index in [0.717, 1.165) is 22.5 Å². The Labute approximate surface area is 237 Å². The van der Waals surface area contributed by atoms with Crippen molar-refractivity contribution in [2.24, 2.45) is 0 Å². The van der Waals surface area contributed by atoms with E-state index < -0.39 is 17.7 Å². The van der Waals surface area contributed by atoms with Crippen LogP contribution in [0.5, 0.6) is 11.5 Å². The number of aryl methyl sites for hydroxylation is 1. The minimum absolute atomic E-state index is 0.117. The monoisotopic (exact) mass is 561 g/mol. The number of ketones is 1. The molecular weight excluding hydrogens is 530 g/mol. The van der Waals surface area contributed by atoms with E-state index in [1.165, 1.54) is 13.2 Å².